The summed E-state index contributed by atoms with van der Waals surface area (Å²) in [5.74, 6) is 1.72. The van der Waals surface area contributed by atoms with Crippen molar-refractivity contribution in [2.45, 2.75) is 48.8 Å². The average Bonchev–Trinajstić information content (AvgIpc) is 3.54. The van der Waals surface area contributed by atoms with Gasteiger partial charge in [-0.05, 0) is 26.0 Å². The van der Waals surface area contributed by atoms with Crippen LogP contribution in [0.2, 0.25) is 0 Å². The van der Waals surface area contributed by atoms with Crippen LogP contribution in [-0.2, 0) is 4.74 Å². The Bertz CT molecular complexity index is 1280. The first-order chi connectivity index (χ1) is 17.0. The van der Waals surface area contributed by atoms with E-state index in [0.29, 0.717) is 29.5 Å². The van der Waals surface area contributed by atoms with Crippen LogP contribution in [0.5, 0.6) is 0 Å². The van der Waals surface area contributed by atoms with Gasteiger partial charge < -0.3 is 30.7 Å². The highest BCUT2D eigenvalue weighted by Crippen LogP contribution is 2.33. The zero-order valence-corrected chi connectivity index (χ0v) is 20.8. The number of para-hydroxylation sites is 1. The van der Waals surface area contributed by atoms with Crippen LogP contribution in [0.15, 0.2) is 34.9 Å². The first kappa shape index (κ1) is 24.2. The lowest BCUT2D eigenvalue weighted by molar-refractivity contribution is -0.0511. The molecule has 3 aromatic heterocycles. The van der Waals surface area contributed by atoms with E-state index in [9.17, 15) is 15.3 Å². The maximum atomic E-state index is 10.5. The molecule has 4 heterocycles. The summed E-state index contributed by atoms with van der Waals surface area (Å²) in [7, 11) is 0. The van der Waals surface area contributed by atoms with Gasteiger partial charge in [-0.2, -0.15) is 9.97 Å². The summed E-state index contributed by atoms with van der Waals surface area (Å²) < 4.78 is 9.42. The van der Waals surface area contributed by atoms with E-state index in [2.05, 4.69) is 43.6 Å². The van der Waals surface area contributed by atoms with Crippen molar-refractivity contribution >= 4 is 56.2 Å². The maximum absolute atomic E-state index is 10.5. The summed E-state index contributed by atoms with van der Waals surface area (Å²) in [6, 6.07) is 8.13. The number of aromatic nitrogens is 5. The largest absolute Gasteiger partial charge is 0.394 e. The molecule has 5 rings (SSSR count). The molecule has 13 heteroatoms. The van der Waals surface area contributed by atoms with Gasteiger partial charge in [-0.3, -0.25) is 4.57 Å². The first-order valence-electron chi connectivity index (χ1n) is 11.3. The topological polar surface area (TPSA) is 150 Å². The van der Waals surface area contributed by atoms with Crippen molar-refractivity contribution in [2.75, 3.05) is 29.5 Å². The second-order valence-corrected chi connectivity index (χ2v) is 10.6. The molecule has 4 aromatic rings. The molecule has 1 aromatic carbocycles. The highest BCUT2D eigenvalue weighted by molar-refractivity contribution is 8.01. The number of fused-ring (bicyclic) bond motifs is 2. The molecule has 1 saturated heterocycles. The summed E-state index contributed by atoms with van der Waals surface area (Å²) in [4.78, 5) is 18.3. The van der Waals surface area contributed by atoms with Gasteiger partial charge in [0, 0.05) is 18.3 Å². The van der Waals surface area contributed by atoms with Gasteiger partial charge >= 0.3 is 0 Å². The number of hydrogen-bond donors (Lipinski definition) is 5. The number of thioether (sulfide) groups is 1. The third-order valence-electron chi connectivity index (χ3n) is 5.66. The van der Waals surface area contributed by atoms with E-state index in [1.54, 1.807) is 27.7 Å². The van der Waals surface area contributed by atoms with Crippen LogP contribution in [0.25, 0.3) is 21.4 Å². The minimum atomic E-state index is -1.23. The Labute approximate surface area is 209 Å². The quantitative estimate of drug-likeness (QED) is 0.208. The van der Waals surface area contributed by atoms with Crippen LogP contribution in [0.3, 0.4) is 0 Å². The Kier molecular flexibility index (Phi) is 7.05. The number of nitrogens with one attached hydrogen (secondary N) is 2. The van der Waals surface area contributed by atoms with Gasteiger partial charge in [-0.25, -0.2) is 9.97 Å². The van der Waals surface area contributed by atoms with Crippen molar-refractivity contribution in [2.24, 2.45) is 0 Å². The molecule has 35 heavy (non-hydrogen) atoms. The standard InChI is InChI=1S/C22H27N7O4S2/c1-3-23-21-27-18(25-11(2)9-34-22-26-12-6-4-5-7-14(12)35-22)15-19(28-21)29(10-24-15)20-17(32)16(31)13(8-30)33-20/h4-7,10-11,13,16-17,20,30-32H,3,8-9H2,1-2H3,(H2,23,25,27,28)/t11-,13-,16-,17-,20-/m1/s1. The van der Waals surface area contributed by atoms with Crippen molar-refractivity contribution in [3.8, 4) is 0 Å². The molecular formula is C22H27N7O4S2. The van der Waals surface area contributed by atoms with Gasteiger partial charge in [0.2, 0.25) is 5.95 Å². The predicted octanol–water partition coefficient (Wildman–Crippen LogP) is 2.07. The highest BCUT2D eigenvalue weighted by atomic mass is 32.2. The van der Waals surface area contributed by atoms with Crippen LogP contribution in [0.1, 0.15) is 20.1 Å². The molecule has 0 spiro atoms. The number of nitrogens with zero attached hydrogens (tertiary/aromatic N) is 5. The SMILES string of the molecule is CCNc1nc(N[C@H](C)CSc2nc3ccccc3s2)c2ncn([C@@H]3O[C@H](CO)[C@@H](O)[C@H]3O)c2n1. The monoisotopic (exact) mass is 517 g/mol. The fourth-order valence-corrected chi connectivity index (χ4v) is 5.98. The van der Waals surface area contributed by atoms with Gasteiger partial charge in [-0.1, -0.05) is 23.9 Å². The van der Waals surface area contributed by atoms with Crippen LogP contribution in [0, 0.1) is 0 Å². The normalized spacial score (nSPS) is 23.2. The van der Waals surface area contributed by atoms with Crippen molar-refractivity contribution in [1.29, 1.82) is 0 Å². The number of rotatable bonds is 9. The van der Waals surface area contributed by atoms with Crippen molar-refractivity contribution in [3.63, 3.8) is 0 Å². The Balaban J connectivity index is 1.38. The number of benzene rings is 1. The number of hydrogen-bond acceptors (Lipinski definition) is 12. The Morgan fingerprint density at radius 1 is 1.20 bits per heavy atom. The number of imidazole rings is 1. The Morgan fingerprint density at radius 3 is 2.77 bits per heavy atom. The average molecular weight is 518 g/mol. The highest BCUT2D eigenvalue weighted by Gasteiger charge is 2.44. The smallest absolute Gasteiger partial charge is 0.226 e. The molecule has 5 N–H and O–H groups in total. The molecule has 1 aliphatic heterocycles. The fourth-order valence-electron chi connectivity index (χ4n) is 3.93. The maximum Gasteiger partial charge on any atom is 0.226 e. The van der Waals surface area contributed by atoms with Crippen LogP contribution in [0.4, 0.5) is 11.8 Å². The third-order valence-corrected chi connectivity index (χ3v) is 8.10. The lowest BCUT2D eigenvalue weighted by atomic mass is 10.1. The molecule has 0 radical (unpaired) electrons. The van der Waals surface area contributed by atoms with Crippen LogP contribution in [-0.4, -0.2) is 83.1 Å². The van der Waals surface area contributed by atoms with E-state index < -0.39 is 31.1 Å². The number of thiazole rings is 1. The summed E-state index contributed by atoms with van der Waals surface area (Å²) in [5.41, 5.74) is 1.96. The van der Waals surface area contributed by atoms with E-state index in [-0.39, 0.29) is 6.04 Å². The summed E-state index contributed by atoms with van der Waals surface area (Å²) >= 11 is 3.35. The minimum absolute atomic E-state index is 0.0404. The predicted molar refractivity (Wildman–Crippen MR) is 136 cm³/mol. The van der Waals surface area contributed by atoms with Gasteiger partial charge in [0.05, 0.1) is 23.2 Å². The third kappa shape index (κ3) is 4.79. The summed E-state index contributed by atoms with van der Waals surface area (Å²) in [6.45, 7) is 4.22. The molecule has 1 aliphatic rings. The fraction of sp³-hybridized carbons (Fsp3) is 0.455. The van der Waals surface area contributed by atoms with E-state index in [1.165, 1.54) is 11.0 Å². The van der Waals surface area contributed by atoms with Gasteiger partial charge in [0.1, 0.15) is 18.3 Å². The second-order valence-electron chi connectivity index (χ2n) is 8.28. The van der Waals surface area contributed by atoms with Gasteiger partial charge in [0.25, 0.3) is 0 Å². The molecule has 11 nitrogen and oxygen atoms in total. The Morgan fingerprint density at radius 2 is 2.03 bits per heavy atom. The molecule has 5 atom stereocenters. The number of anilines is 2. The summed E-state index contributed by atoms with van der Waals surface area (Å²) in [6.07, 6.45) is -2.77. The lowest BCUT2D eigenvalue weighted by Crippen LogP contribution is -2.33. The summed E-state index contributed by atoms with van der Waals surface area (Å²) in [5, 5.41) is 36.7. The molecule has 186 valence electrons. The zero-order valence-electron chi connectivity index (χ0n) is 19.2. The minimum Gasteiger partial charge on any atom is -0.394 e. The molecular weight excluding hydrogens is 490 g/mol. The van der Waals surface area contributed by atoms with E-state index in [4.69, 9.17) is 4.74 Å². The second kappa shape index (κ2) is 10.2. The molecule has 0 aliphatic carbocycles. The zero-order chi connectivity index (χ0) is 24.5. The van der Waals surface area contributed by atoms with E-state index >= 15 is 0 Å². The van der Waals surface area contributed by atoms with E-state index in [1.807, 2.05) is 25.1 Å². The molecule has 0 unspecified atom stereocenters. The van der Waals surface area contributed by atoms with Crippen LogP contribution < -0.4 is 10.6 Å². The molecule has 0 amide bonds. The molecule has 0 bridgehead atoms. The lowest BCUT2D eigenvalue weighted by Gasteiger charge is -2.18. The Hall–Kier alpha value is -2.55. The number of ether oxygens (including phenoxy) is 1. The van der Waals surface area contributed by atoms with Gasteiger partial charge in [-0.15, -0.1) is 11.3 Å². The molecule has 0 saturated carbocycles. The van der Waals surface area contributed by atoms with Crippen LogP contribution >= 0.6 is 23.1 Å². The van der Waals surface area contributed by atoms with Crippen molar-refractivity contribution in [1.82, 2.24) is 24.5 Å². The van der Waals surface area contributed by atoms with Gasteiger partial charge in [0.15, 0.2) is 27.5 Å². The van der Waals surface area contributed by atoms with Crippen molar-refractivity contribution in [3.05, 3.63) is 30.6 Å². The van der Waals surface area contributed by atoms with E-state index in [0.717, 1.165) is 15.6 Å². The molecule has 1 fully saturated rings. The number of aliphatic hydroxyl groups excluding tert-OH is 3. The number of aliphatic hydroxyl groups is 3. The first-order valence-corrected chi connectivity index (χ1v) is 13.1. The van der Waals surface area contributed by atoms with Crippen molar-refractivity contribution < 1.29 is 20.1 Å².